The van der Waals surface area contributed by atoms with Crippen LogP contribution in [0, 0.1) is 0 Å². The number of amides is 3. The van der Waals surface area contributed by atoms with Crippen molar-refractivity contribution >= 4 is 11.9 Å². The van der Waals surface area contributed by atoms with Crippen LogP contribution in [0.25, 0.3) is 0 Å². The summed E-state index contributed by atoms with van der Waals surface area (Å²) >= 11 is 0. The van der Waals surface area contributed by atoms with Crippen molar-refractivity contribution in [2.75, 3.05) is 32.8 Å². The zero-order valence-corrected chi connectivity index (χ0v) is 15.4. The van der Waals surface area contributed by atoms with Crippen molar-refractivity contribution in [2.24, 2.45) is 0 Å². The number of carbonyl (C=O) groups is 2. The van der Waals surface area contributed by atoms with Crippen LogP contribution < -0.4 is 5.32 Å². The molecule has 1 N–H and O–H groups in total. The molecule has 0 atom stereocenters. The van der Waals surface area contributed by atoms with Crippen molar-refractivity contribution in [1.29, 1.82) is 0 Å². The van der Waals surface area contributed by atoms with Crippen LogP contribution in [0.3, 0.4) is 0 Å². The molecule has 0 aromatic heterocycles. The molecule has 1 aromatic carbocycles. The maximum Gasteiger partial charge on any atom is 0.317 e. The van der Waals surface area contributed by atoms with Crippen LogP contribution in [0.4, 0.5) is 4.79 Å². The average molecular weight is 359 g/mol. The third kappa shape index (κ3) is 5.46. The molecule has 3 amide bonds. The van der Waals surface area contributed by atoms with E-state index >= 15 is 0 Å². The molecule has 1 aliphatic heterocycles. The smallest absolute Gasteiger partial charge is 0.317 e. The highest BCUT2D eigenvalue weighted by molar-refractivity contribution is 5.78. The van der Waals surface area contributed by atoms with E-state index in [-0.39, 0.29) is 18.5 Å². The summed E-state index contributed by atoms with van der Waals surface area (Å²) in [6, 6.07) is 10.2. The molecule has 1 aliphatic carbocycles. The van der Waals surface area contributed by atoms with Crippen molar-refractivity contribution in [3.05, 3.63) is 35.9 Å². The summed E-state index contributed by atoms with van der Waals surface area (Å²) in [6.07, 6.45) is 5.86. The van der Waals surface area contributed by atoms with E-state index in [9.17, 15) is 9.59 Å². The highest BCUT2D eigenvalue weighted by Gasteiger charge is 2.25. The monoisotopic (exact) mass is 359 g/mol. The van der Waals surface area contributed by atoms with Crippen LogP contribution in [0.15, 0.2) is 30.3 Å². The fourth-order valence-corrected chi connectivity index (χ4v) is 3.59. The van der Waals surface area contributed by atoms with Gasteiger partial charge in [0.2, 0.25) is 5.91 Å². The molecule has 0 spiro atoms. The van der Waals surface area contributed by atoms with Crippen molar-refractivity contribution in [2.45, 2.75) is 44.8 Å². The minimum absolute atomic E-state index is 0.00623. The lowest BCUT2D eigenvalue weighted by molar-refractivity contribution is -0.138. The van der Waals surface area contributed by atoms with Gasteiger partial charge in [0.15, 0.2) is 0 Å². The molecule has 0 radical (unpaired) electrons. The minimum atomic E-state index is -0.00623. The highest BCUT2D eigenvalue weighted by Crippen LogP contribution is 2.17. The van der Waals surface area contributed by atoms with Gasteiger partial charge in [-0.25, -0.2) is 4.79 Å². The quantitative estimate of drug-likeness (QED) is 0.878. The second-order valence-corrected chi connectivity index (χ2v) is 7.13. The molecule has 0 bridgehead atoms. The van der Waals surface area contributed by atoms with E-state index < -0.39 is 0 Å². The Morgan fingerprint density at radius 2 is 1.62 bits per heavy atom. The first-order chi connectivity index (χ1) is 12.7. The molecule has 2 aliphatic rings. The molecule has 0 unspecified atom stereocenters. The molecular formula is C20H29N3O3. The van der Waals surface area contributed by atoms with Gasteiger partial charge >= 0.3 is 6.03 Å². The first-order valence-corrected chi connectivity index (χ1v) is 9.67. The van der Waals surface area contributed by atoms with Crippen molar-refractivity contribution in [1.82, 2.24) is 15.1 Å². The summed E-state index contributed by atoms with van der Waals surface area (Å²) in [7, 11) is 0. The van der Waals surface area contributed by atoms with E-state index in [0.29, 0.717) is 38.8 Å². The summed E-state index contributed by atoms with van der Waals surface area (Å²) < 4.78 is 5.53. The SMILES string of the molecule is O=C(COCc1ccccc1)N1CCN(C(=O)NC2CCCCC2)CC1. The fourth-order valence-electron chi connectivity index (χ4n) is 3.59. The summed E-state index contributed by atoms with van der Waals surface area (Å²) in [5, 5.41) is 3.14. The topological polar surface area (TPSA) is 61.9 Å². The minimum Gasteiger partial charge on any atom is -0.367 e. The van der Waals surface area contributed by atoms with E-state index in [2.05, 4.69) is 5.32 Å². The Bertz CT molecular complexity index is 579. The summed E-state index contributed by atoms with van der Waals surface area (Å²) in [4.78, 5) is 28.2. The van der Waals surface area contributed by atoms with E-state index in [1.807, 2.05) is 35.2 Å². The van der Waals surface area contributed by atoms with Gasteiger partial charge in [-0.05, 0) is 18.4 Å². The number of hydrogen-bond donors (Lipinski definition) is 1. The summed E-state index contributed by atoms with van der Waals surface area (Å²) in [5.41, 5.74) is 1.06. The highest BCUT2D eigenvalue weighted by atomic mass is 16.5. The second kappa shape index (κ2) is 9.57. The van der Waals surface area contributed by atoms with E-state index in [1.165, 1.54) is 19.3 Å². The van der Waals surface area contributed by atoms with Crippen LogP contribution in [0.2, 0.25) is 0 Å². The average Bonchev–Trinajstić information content (AvgIpc) is 2.69. The lowest BCUT2D eigenvalue weighted by Crippen LogP contribution is -2.55. The van der Waals surface area contributed by atoms with Crippen molar-refractivity contribution in [3.63, 3.8) is 0 Å². The Morgan fingerprint density at radius 3 is 2.31 bits per heavy atom. The van der Waals surface area contributed by atoms with Crippen molar-refractivity contribution in [3.8, 4) is 0 Å². The third-order valence-electron chi connectivity index (χ3n) is 5.19. The Balaban J connectivity index is 1.34. The van der Waals surface area contributed by atoms with Crippen LogP contribution in [0.5, 0.6) is 0 Å². The molecule has 142 valence electrons. The third-order valence-corrected chi connectivity index (χ3v) is 5.19. The first kappa shape index (κ1) is 18.7. The zero-order valence-electron chi connectivity index (χ0n) is 15.4. The predicted molar refractivity (Wildman–Crippen MR) is 99.7 cm³/mol. The standard InChI is InChI=1S/C20H29N3O3/c24-19(16-26-15-17-7-3-1-4-8-17)22-11-13-23(14-12-22)20(25)21-18-9-5-2-6-10-18/h1,3-4,7-8,18H,2,5-6,9-16H2,(H,21,25). The lowest BCUT2D eigenvalue weighted by Gasteiger charge is -2.36. The number of benzene rings is 1. The van der Waals surface area contributed by atoms with Crippen LogP contribution in [0.1, 0.15) is 37.7 Å². The number of rotatable bonds is 5. The Morgan fingerprint density at radius 1 is 0.962 bits per heavy atom. The number of urea groups is 1. The Labute approximate surface area is 155 Å². The number of piperazine rings is 1. The lowest BCUT2D eigenvalue weighted by atomic mass is 9.96. The van der Waals surface area contributed by atoms with E-state index in [0.717, 1.165) is 18.4 Å². The van der Waals surface area contributed by atoms with Crippen LogP contribution in [-0.2, 0) is 16.1 Å². The van der Waals surface area contributed by atoms with Crippen LogP contribution >= 0.6 is 0 Å². The number of nitrogens with zero attached hydrogens (tertiary/aromatic N) is 2. The molecule has 1 aromatic rings. The zero-order chi connectivity index (χ0) is 18.2. The number of ether oxygens (including phenoxy) is 1. The second-order valence-electron chi connectivity index (χ2n) is 7.13. The number of carbonyl (C=O) groups excluding carboxylic acids is 2. The molecule has 1 saturated heterocycles. The molecule has 1 saturated carbocycles. The maximum atomic E-state index is 12.4. The summed E-state index contributed by atoms with van der Waals surface area (Å²) in [6.45, 7) is 2.85. The molecule has 6 heteroatoms. The summed E-state index contributed by atoms with van der Waals surface area (Å²) in [5.74, 6) is -0.00623. The molecular weight excluding hydrogens is 330 g/mol. The Hall–Kier alpha value is -2.08. The molecule has 26 heavy (non-hydrogen) atoms. The van der Waals surface area contributed by atoms with Gasteiger partial charge in [0.1, 0.15) is 6.61 Å². The normalized spacial score (nSPS) is 18.6. The van der Waals surface area contributed by atoms with Gasteiger partial charge in [-0.2, -0.15) is 0 Å². The van der Waals surface area contributed by atoms with Gasteiger partial charge in [0.05, 0.1) is 6.61 Å². The van der Waals surface area contributed by atoms with Crippen molar-refractivity contribution < 1.29 is 14.3 Å². The molecule has 2 fully saturated rings. The van der Waals surface area contributed by atoms with Gasteiger partial charge in [0.25, 0.3) is 0 Å². The molecule has 6 nitrogen and oxygen atoms in total. The van der Waals surface area contributed by atoms with Gasteiger partial charge in [-0.3, -0.25) is 4.79 Å². The molecule has 1 heterocycles. The van der Waals surface area contributed by atoms with Gasteiger partial charge in [-0.15, -0.1) is 0 Å². The number of hydrogen-bond acceptors (Lipinski definition) is 3. The molecule has 3 rings (SSSR count). The predicted octanol–water partition coefficient (Wildman–Crippen LogP) is 2.39. The van der Waals surface area contributed by atoms with Gasteiger partial charge in [0, 0.05) is 32.2 Å². The maximum absolute atomic E-state index is 12.4. The number of nitrogens with one attached hydrogen (secondary N) is 1. The Kier molecular flexibility index (Phi) is 6.89. The fraction of sp³-hybridized carbons (Fsp3) is 0.600. The van der Waals surface area contributed by atoms with E-state index in [1.54, 1.807) is 4.90 Å². The largest absolute Gasteiger partial charge is 0.367 e. The van der Waals surface area contributed by atoms with E-state index in [4.69, 9.17) is 4.74 Å². The first-order valence-electron chi connectivity index (χ1n) is 9.67. The van der Waals surface area contributed by atoms with Gasteiger partial charge in [-0.1, -0.05) is 49.6 Å². The van der Waals surface area contributed by atoms with Gasteiger partial charge < -0.3 is 19.9 Å². The van der Waals surface area contributed by atoms with Crippen LogP contribution in [-0.4, -0.2) is 60.6 Å².